The summed E-state index contributed by atoms with van der Waals surface area (Å²) in [6.07, 6.45) is 5.21. The smallest absolute Gasteiger partial charge is 0.159 e. The van der Waals surface area contributed by atoms with E-state index in [1.165, 1.54) is 18.4 Å². The summed E-state index contributed by atoms with van der Waals surface area (Å²) in [5.74, 6) is 2.93. The molecule has 0 unspecified atom stereocenters. The van der Waals surface area contributed by atoms with Gasteiger partial charge in [0.05, 0.1) is 12.8 Å². The number of fused-ring (bicyclic) bond motifs is 2. The lowest BCUT2D eigenvalue weighted by molar-refractivity contribution is 0.146. The van der Waals surface area contributed by atoms with Crippen LogP contribution in [0.25, 0.3) is 5.65 Å². The Morgan fingerprint density at radius 3 is 2.90 bits per heavy atom. The highest BCUT2D eigenvalue weighted by Crippen LogP contribution is 2.36. The first-order valence-corrected chi connectivity index (χ1v) is 10.7. The Morgan fingerprint density at radius 1 is 1.20 bits per heavy atom. The Hall–Kier alpha value is -2.84. The molecule has 0 radical (unpaired) electrons. The van der Waals surface area contributed by atoms with Crippen LogP contribution in [-0.2, 0) is 11.2 Å². The molecule has 2 aromatic heterocycles. The summed E-state index contributed by atoms with van der Waals surface area (Å²) in [5.41, 5.74) is 3.10. The van der Waals surface area contributed by atoms with Gasteiger partial charge in [-0.25, -0.2) is 4.98 Å². The SMILES string of the molecule is COCCOc1ccc(Nc2c3c(nc4ccnn24)N([C@H]2CCCNC2)CC3)cc1. The molecule has 1 fully saturated rings. The molecule has 158 valence electrons. The number of piperidine rings is 1. The summed E-state index contributed by atoms with van der Waals surface area (Å²) < 4.78 is 12.6. The lowest BCUT2D eigenvalue weighted by Gasteiger charge is -2.33. The van der Waals surface area contributed by atoms with Crippen LogP contribution >= 0.6 is 0 Å². The predicted molar refractivity (Wildman–Crippen MR) is 117 cm³/mol. The number of aromatic nitrogens is 3. The van der Waals surface area contributed by atoms with E-state index in [0.29, 0.717) is 19.3 Å². The van der Waals surface area contributed by atoms with Crippen molar-refractivity contribution in [2.24, 2.45) is 0 Å². The zero-order chi connectivity index (χ0) is 20.3. The number of methoxy groups -OCH3 is 1. The van der Waals surface area contributed by atoms with Crippen LogP contribution in [0.3, 0.4) is 0 Å². The van der Waals surface area contributed by atoms with Crippen LogP contribution in [0.5, 0.6) is 5.75 Å². The van der Waals surface area contributed by atoms with Crippen LogP contribution < -0.4 is 20.3 Å². The first kappa shape index (κ1) is 19.1. The van der Waals surface area contributed by atoms with Crippen molar-refractivity contribution < 1.29 is 9.47 Å². The standard InChI is InChI=1S/C22H28N6O2/c1-29-13-14-30-18-6-4-16(5-7-18)25-22-19-9-12-27(17-3-2-10-23-15-17)21(19)26-20-8-11-24-28(20)22/h4-8,11,17,23,25H,2-3,9-10,12-15H2,1H3/t17-/m0/s1. The fourth-order valence-electron chi connectivity index (χ4n) is 4.37. The molecule has 5 rings (SSSR count). The van der Waals surface area contributed by atoms with E-state index < -0.39 is 0 Å². The van der Waals surface area contributed by atoms with Crippen LogP contribution in [0, 0.1) is 0 Å². The monoisotopic (exact) mass is 408 g/mol. The zero-order valence-electron chi connectivity index (χ0n) is 17.3. The fraction of sp³-hybridized carbons (Fsp3) is 0.455. The van der Waals surface area contributed by atoms with Crippen LogP contribution in [0.15, 0.2) is 36.5 Å². The molecule has 0 spiro atoms. The second kappa shape index (κ2) is 8.49. The topological polar surface area (TPSA) is 76.0 Å². The Bertz CT molecular complexity index is 997. The van der Waals surface area contributed by atoms with Crippen molar-refractivity contribution in [3.8, 4) is 5.75 Å². The molecular weight excluding hydrogens is 380 g/mol. The predicted octanol–water partition coefficient (Wildman–Crippen LogP) is 2.61. The summed E-state index contributed by atoms with van der Waals surface area (Å²) in [6.45, 7) is 4.26. The van der Waals surface area contributed by atoms with Crippen molar-refractivity contribution in [3.63, 3.8) is 0 Å². The molecule has 4 heterocycles. The average Bonchev–Trinajstić information content (AvgIpc) is 3.43. The molecule has 0 bridgehead atoms. The number of nitrogens with zero attached hydrogens (tertiary/aromatic N) is 4. The number of rotatable bonds is 7. The van der Waals surface area contributed by atoms with E-state index in [1.54, 1.807) is 7.11 Å². The molecule has 8 heteroatoms. The maximum atomic E-state index is 5.67. The molecule has 0 amide bonds. The van der Waals surface area contributed by atoms with Gasteiger partial charge in [-0.2, -0.15) is 9.61 Å². The minimum Gasteiger partial charge on any atom is -0.491 e. The first-order valence-electron chi connectivity index (χ1n) is 10.7. The summed E-state index contributed by atoms with van der Waals surface area (Å²) in [5, 5.41) is 11.6. The average molecular weight is 409 g/mol. The molecule has 0 saturated carbocycles. The van der Waals surface area contributed by atoms with E-state index in [1.807, 2.05) is 41.0 Å². The molecule has 3 aromatic rings. The van der Waals surface area contributed by atoms with Crippen LogP contribution in [0.1, 0.15) is 18.4 Å². The van der Waals surface area contributed by atoms with Crippen molar-refractivity contribution in [1.82, 2.24) is 19.9 Å². The van der Waals surface area contributed by atoms with Gasteiger partial charge in [0.2, 0.25) is 0 Å². The third-order valence-corrected chi connectivity index (χ3v) is 5.87. The van der Waals surface area contributed by atoms with Gasteiger partial charge in [0.1, 0.15) is 24.0 Å². The summed E-state index contributed by atoms with van der Waals surface area (Å²) in [4.78, 5) is 7.44. The molecule has 1 atom stereocenters. The van der Waals surface area contributed by atoms with Gasteiger partial charge < -0.3 is 25.0 Å². The number of hydrogen-bond donors (Lipinski definition) is 2. The molecule has 2 N–H and O–H groups in total. The summed E-state index contributed by atoms with van der Waals surface area (Å²) >= 11 is 0. The Kier molecular flexibility index (Phi) is 5.42. The van der Waals surface area contributed by atoms with E-state index >= 15 is 0 Å². The summed E-state index contributed by atoms with van der Waals surface area (Å²) in [7, 11) is 1.67. The van der Waals surface area contributed by atoms with Gasteiger partial charge in [0, 0.05) is 43.6 Å². The van der Waals surface area contributed by atoms with Gasteiger partial charge >= 0.3 is 0 Å². The highest BCUT2D eigenvalue weighted by Gasteiger charge is 2.31. The van der Waals surface area contributed by atoms with Crippen LogP contribution in [-0.4, -0.2) is 60.6 Å². The minimum atomic E-state index is 0.509. The zero-order valence-corrected chi connectivity index (χ0v) is 17.3. The van der Waals surface area contributed by atoms with Crippen LogP contribution in [0.4, 0.5) is 17.3 Å². The largest absolute Gasteiger partial charge is 0.491 e. The number of hydrogen-bond acceptors (Lipinski definition) is 7. The van der Waals surface area contributed by atoms with Crippen molar-refractivity contribution in [2.45, 2.75) is 25.3 Å². The number of ether oxygens (including phenoxy) is 2. The highest BCUT2D eigenvalue weighted by atomic mass is 16.5. The van der Waals surface area contributed by atoms with Gasteiger partial charge in [-0.05, 0) is 50.1 Å². The quantitative estimate of drug-likeness (QED) is 0.582. The van der Waals surface area contributed by atoms with Crippen LogP contribution in [0.2, 0.25) is 0 Å². The van der Waals surface area contributed by atoms with Crippen molar-refractivity contribution in [3.05, 3.63) is 42.1 Å². The molecule has 30 heavy (non-hydrogen) atoms. The second-order valence-electron chi connectivity index (χ2n) is 7.80. The Morgan fingerprint density at radius 2 is 2.10 bits per heavy atom. The van der Waals surface area contributed by atoms with E-state index in [0.717, 1.165) is 54.8 Å². The lowest BCUT2D eigenvalue weighted by atomic mass is 10.1. The maximum absolute atomic E-state index is 5.67. The molecular formula is C22H28N6O2. The van der Waals surface area contributed by atoms with Gasteiger partial charge in [0.15, 0.2) is 5.65 Å². The summed E-state index contributed by atoms with van der Waals surface area (Å²) in [6, 6.07) is 10.5. The van der Waals surface area contributed by atoms with E-state index in [9.17, 15) is 0 Å². The normalized spacial score (nSPS) is 18.6. The Labute approximate surface area is 176 Å². The van der Waals surface area contributed by atoms with Crippen molar-refractivity contribution >= 4 is 23.0 Å². The van der Waals surface area contributed by atoms with E-state index in [-0.39, 0.29) is 0 Å². The van der Waals surface area contributed by atoms with Gasteiger partial charge in [-0.15, -0.1) is 0 Å². The molecule has 2 aliphatic rings. The molecule has 8 nitrogen and oxygen atoms in total. The maximum Gasteiger partial charge on any atom is 0.159 e. The molecule has 1 aromatic carbocycles. The van der Waals surface area contributed by atoms with E-state index in [4.69, 9.17) is 14.5 Å². The lowest BCUT2D eigenvalue weighted by Crippen LogP contribution is -2.45. The highest BCUT2D eigenvalue weighted by molar-refractivity contribution is 5.72. The number of nitrogens with one attached hydrogen (secondary N) is 2. The number of benzene rings is 1. The van der Waals surface area contributed by atoms with Crippen molar-refractivity contribution in [2.75, 3.05) is 50.2 Å². The third kappa shape index (κ3) is 3.68. The Balaban J connectivity index is 1.42. The molecule has 0 aliphatic carbocycles. The van der Waals surface area contributed by atoms with Gasteiger partial charge in [-0.1, -0.05) is 0 Å². The fourth-order valence-corrected chi connectivity index (χ4v) is 4.37. The third-order valence-electron chi connectivity index (χ3n) is 5.87. The molecule has 2 aliphatic heterocycles. The second-order valence-corrected chi connectivity index (χ2v) is 7.80. The van der Waals surface area contributed by atoms with E-state index in [2.05, 4.69) is 20.6 Å². The van der Waals surface area contributed by atoms with Crippen molar-refractivity contribution in [1.29, 1.82) is 0 Å². The minimum absolute atomic E-state index is 0.509. The number of anilines is 3. The molecule has 1 saturated heterocycles. The van der Waals surface area contributed by atoms with Gasteiger partial charge in [0.25, 0.3) is 0 Å². The first-order chi connectivity index (χ1) is 14.8. The van der Waals surface area contributed by atoms with Gasteiger partial charge in [-0.3, -0.25) is 0 Å².